The van der Waals surface area contributed by atoms with E-state index in [9.17, 15) is 14.7 Å². The molecular weight excluding hydrogens is 282 g/mol. The predicted molar refractivity (Wildman–Crippen MR) is 80.5 cm³/mol. The Morgan fingerprint density at radius 2 is 2.00 bits per heavy atom. The Kier molecular flexibility index (Phi) is 3.52. The zero-order chi connectivity index (χ0) is 15.7. The van der Waals surface area contributed by atoms with Crippen molar-refractivity contribution in [3.63, 3.8) is 0 Å². The lowest BCUT2D eigenvalue weighted by Gasteiger charge is -2.41. The zero-order valence-electron chi connectivity index (χ0n) is 12.3. The third-order valence-electron chi connectivity index (χ3n) is 4.33. The molecule has 1 aromatic carbocycles. The highest BCUT2D eigenvalue weighted by Gasteiger charge is 2.44. The molecule has 0 aliphatic carbocycles. The predicted octanol–water partition coefficient (Wildman–Crippen LogP) is 2.10. The number of piperidine rings is 1. The van der Waals surface area contributed by atoms with E-state index in [2.05, 4.69) is 9.97 Å². The maximum Gasteiger partial charge on any atom is 0.329 e. The number of nitrogens with zero attached hydrogens (tertiary/aromatic N) is 3. The van der Waals surface area contributed by atoms with E-state index in [1.807, 2.05) is 0 Å². The van der Waals surface area contributed by atoms with E-state index in [0.29, 0.717) is 29.6 Å². The van der Waals surface area contributed by atoms with Crippen molar-refractivity contribution in [2.45, 2.75) is 31.7 Å². The second-order valence-corrected chi connectivity index (χ2v) is 5.72. The molecule has 0 radical (unpaired) electrons. The van der Waals surface area contributed by atoms with Crippen LogP contribution in [0.25, 0.3) is 11.0 Å². The number of fused-ring (bicyclic) bond motifs is 1. The lowest BCUT2D eigenvalue weighted by molar-refractivity contribution is -0.150. The first-order chi connectivity index (χ1) is 10.5. The van der Waals surface area contributed by atoms with Crippen molar-refractivity contribution in [3.05, 3.63) is 36.2 Å². The van der Waals surface area contributed by atoms with Gasteiger partial charge in [-0.1, -0.05) is 6.07 Å². The molecule has 0 saturated carbocycles. The van der Waals surface area contributed by atoms with Crippen LogP contribution in [-0.2, 0) is 4.79 Å². The Morgan fingerprint density at radius 1 is 1.23 bits per heavy atom. The van der Waals surface area contributed by atoms with E-state index < -0.39 is 11.5 Å². The minimum Gasteiger partial charge on any atom is -0.480 e. The average molecular weight is 299 g/mol. The van der Waals surface area contributed by atoms with Crippen molar-refractivity contribution in [1.82, 2.24) is 14.9 Å². The largest absolute Gasteiger partial charge is 0.480 e. The van der Waals surface area contributed by atoms with E-state index in [4.69, 9.17) is 0 Å². The topological polar surface area (TPSA) is 83.4 Å². The van der Waals surface area contributed by atoms with Crippen LogP contribution in [0, 0.1) is 0 Å². The van der Waals surface area contributed by atoms with Crippen LogP contribution in [0.3, 0.4) is 0 Å². The van der Waals surface area contributed by atoms with Gasteiger partial charge in [0.1, 0.15) is 11.1 Å². The molecule has 2 aromatic rings. The average Bonchev–Trinajstić information content (AvgIpc) is 2.54. The molecule has 1 aliphatic heterocycles. The van der Waals surface area contributed by atoms with Gasteiger partial charge in [-0.15, -0.1) is 0 Å². The summed E-state index contributed by atoms with van der Waals surface area (Å²) in [6, 6.07) is 5.20. The SMILES string of the molecule is C[C@]1(C(=O)O)CCCCN1C(=O)c1cccc2nccnc12. The van der Waals surface area contributed by atoms with Crippen LogP contribution >= 0.6 is 0 Å². The number of carbonyl (C=O) groups is 2. The standard InChI is InChI=1S/C16H17N3O3/c1-16(15(21)22)7-2-3-10-19(16)14(20)11-5-4-6-12-13(11)18-9-8-17-12/h4-6,8-9H,2-3,7,10H2,1H3,(H,21,22)/t16-/m1/s1. The van der Waals surface area contributed by atoms with Crippen molar-refractivity contribution in [1.29, 1.82) is 0 Å². The van der Waals surface area contributed by atoms with Gasteiger partial charge < -0.3 is 10.0 Å². The third-order valence-corrected chi connectivity index (χ3v) is 4.33. The van der Waals surface area contributed by atoms with E-state index in [0.717, 1.165) is 12.8 Å². The van der Waals surface area contributed by atoms with Gasteiger partial charge in [-0.3, -0.25) is 14.8 Å². The van der Waals surface area contributed by atoms with Crippen LogP contribution < -0.4 is 0 Å². The van der Waals surface area contributed by atoms with Crippen molar-refractivity contribution in [2.75, 3.05) is 6.54 Å². The van der Waals surface area contributed by atoms with Crippen LogP contribution in [-0.4, -0.2) is 43.9 Å². The van der Waals surface area contributed by atoms with Gasteiger partial charge in [0.15, 0.2) is 0 Å². The molecule has 22 heavy (non-hydrogen) atoms. The maximum atomic E-state index is 12.9. The first-order valence-electron chi connectivity index (χ1n) is 7.29. The van der Waals surface area contributed by atoms with Crippen LogP contribution in [0.15, 0.2) is 30.6 Å². The molecule has 6 heteroatoms. The molecule has 0 spiro atoms. The first kappa shape index (κ1) is 14.4. The van der Waals surface area contributed by atoms with E-state index in [1.54, 1.807) is 31.3 Å². The first-order valence-corrected chi connectivity index (χ1v) is 7.29. The van der Waals surface area contributed by atoms with Gasteiger partial charge in [0.25, 0.3) is 5.91 Å². The number of hydrogen-bond donors (Lipinski definition) is 1. The summed E-state index contributed by atoms with van der Waals surface area (Å²) in [5.41, 5.74) is 0.371. The number of para-hydroxylation sites is 1. The van der Waals surface area contributed by atoms with Gasteiger partial charge >= 0.3 is 5.97 Å². The molecule has 1 fully saturated rings. The fourth-order valence-corrected chi connectivity index (χ4v) is 2.98. The number of aromatic nitrogens is 2. The number of carbonyl (C=O) groups excluding carboxylic acids is 1. The number of carboxylic acid groups (broad SMARTS) is 1. The number of rotatable bonds is 2. The van der Waals surface area contributed by atoms with Gasteiger partial charge in [-0.25, -0.2) is 4.79 Å². The van der Waals surface area contributed by atoms with Gasteiger partial charge in [-0.05, 0) is 38.3 Å². The smallest absolute Gasteiger partial charge is 0.329 e. The number of hydrogen-bond acceptors (Lipinski definition) is 4. The van der Waals surface area contributed by atoms with Crippen LogP contribution in [0.2, 0.25) is 0 Å². The Labute approximate surface area is 127 Å². The van der Waals surface area contributed by atoms with E-state index in [1.165, 1.54) is 11.1 Å². The van der Waals surface area contributed by atoms with Crippen molar-refractivity contribution in [3.8, 4) is 0 Å². The van der Waals surface area contributed by atoms with Gasteiger partial charge in [0.05, 0.1) is 11.1 Å². The summed E-state index contributed by atoms with van der Waals surface area (Å²) in [7, 11) is 0. The van der Waals surface area contributed by atoms with Crippen LogP contribution in [0.4, 0.5) is 0 Å². The van der Waals surface area contributed by atoms with Gasteiger partial charge in [0.2, 0.25) is 0 Å². The van der Waals surface area contributed by atoms with Crippen molar-refractivity contribution >= 4 is 22.9 Å². The Morgan fingerprint density at radius 3 is 2.77 bits per heavy atom. The summed E-state index contributed by atoms with van der Waals surface area (Å²) < 4.78 is 0. The molecule has 1 aromatic heterocycles. The second kappa shape index (κ2) is 5.36. The summed E-state index contributed by atoms with van der Waals surface area (Å²) in [5, 5.41) is 9.56. The summed E-state index contributed by atoms with van der Waals surface area (Å²) in [6.45, 7) is 2.06. The number of amides is 1. The number of likely N-dealkylation sites (tertiary alicyclic amines) is 1. The lowest BCUT2D eigenvalue weighted by Crippen LogP contribution is -2.57. The normalized spacial score (nSPS) is 21.8. The highest BCUT2D eigenvalue weighted by molar-refractivity contribution is 6.06. The third kappa shape index (κ3) is 2.20. The number of aliphatic carboxylic acids is 1. The highest BCUT2D eigenvalue weighted by Crippen LogP contribution is 2.30. The number of carboxylic acids is 1. The molecule has 3 rings (SSSR count). The second-order valence-electron chi connectivity index (χ2n) is 5.72. The minimum absolute atomic E-state index is 0.296. The van der Waals surface area contributed by atoms with Crippen molar-refractivity contribution < 1.29 is 14.7 Å². The molecule has 1 aliphatic rings. The molecule has 1 atom stereocenters. The summed E-state index contributed by atoms with van der Waals surface area (Å²) in [4.78, 5) is 34.5. The molecule has 1 amide bonds. The molecule has 6 nitrogen and oxygen atoms in total. The van der Waals surface area contributed by atoms with Crippen molar-refractivity contribution in [2.24, 2.45) is 0 Å². The Hall–Kier alpha value is -2.50. The van der Waals surface area contributed by atoms with Crippen LogP contribution in [0.5, 0.6) is 0 Å². The Bertz CT molecular complexity index is 741. The highest BCUT2D eigenvalue weighted by atomic mass is 16.4. The van der Waals surface area contributed by atoms with E-state index >= 15 is 0 Å². The molecule has 114 valence electrons. The summed E-state index contributed by atoms with van der Waals surface area (Å²) >= 11 is 0. The van der Waals surface area contributed by atoms with E-state index in [-0.39, 0.29) is 5.91 Å². The fraction of sp³-hybridized carbons (Fsp3) is 0.375. The van der Waals surface area contributed by atoms with Gasteiger partial charge in [0, 0.05) is 18.9 Å². The quantitative estimate of drug-likeness (QED) is 0.918. The molecule has 0 unspecified atom stereocenters. The molecule has 2 heterocycles. The summed E-state index contributed by atoms with van der Waals surface area (Å²) in [5.74, 6) is -1.26. The monoisotopic (exact) mass is 299 g/mol. The molecule has 1 N–H and O–H groups in total. The zero-order valence-corrected chi connectivity index (χ0v) is 12.3. The Balaban J connectivity index is 2.07. The number of benzene rings is 1. The summed E-state index contributed by atoms with van der Waals surface area (Å²) in [6.07, 6.45) is 5.18. The van der Waals surface area contributed by atoms with Gasteiger partial charge in [-0.2, -0.15) is 0 Å². The maximum absolute atomic E-state index is 12.9. The van der Waals surface area contributed by atoms with Crippen LogP contribution in [0.1, 0.15) is 36.5 Å². The fourth-order valence-electron chi connectivity index (χ4n) is 2.98. The molecule has 1 saturated heterocycles. The minimum atomic E-state index is -1.17. The molecule has 0 bridgehead atoms. The lowest BCUT2D eigenvalue weighted by atomic mass is 9.87. The molecular formula is C16H17N3O3.